The Labute approximate surface area is 76.4 Å². The number of nitrogens with one attached hydrogen (secondary N) is 1. The van der Waals surface area contributed by atoms with E-state index in [1.165, 1.54) is 0 Å². The molecule has 0 atom stereocenters. The van der Waals surface area contributed by atoms with Gasteiger partial charge in [-0.3, -0.25) is 0 Å². The summed E-state index contributed by atoms with van der Waals surface area (Å²) in [5, 5.41) is 12.1. The van der Waals surface area contributed by atoms with Gasteiger partial charge in [0.1, 0.15) is 11.9 Å². The third-order valence-electron chi connectivity index (χ3n) is 2.28. The smallest absolute Gasteiger partial charge is 0.141 e. The molecule has 0 aromatic carbocycles. The standard InChI is InChI=1S/C9H10N4/c10-3-8-7-1-2-12-4-6(7)5-13-9(8)11/h5,12H,1-2,4H2,(H2,11,13). The predicted molar refractivity (Wildman–Crippen MR) is 48.8 cm³/mol. The largest absolute Gasteiger partial charge is 0.383 e. The second-order valence-corrected chi connectivity index (χ2v) is 3.06. The SMILES string of the molecule is N#Cc1c(N)ncc2c1CCNC2. The van der Waals surface area contributed by atoms with E-state index >= 15 is 0 Å². The van der Waals surface area contributed by atoms with Crippen LogP contribution in [0.2, 0.25) is 0 Å². The molecule has 0 saturated carbocycles. The van der Waals surface area contributed by atoms with Gasteiger partial charge in [0, 0.05) is 12.7 Å². The molecule has 0 amide bonds. The topological polar surface area (TPSA) is 74.7 Å². The van der Waals surface area contributed by atoms with Crippen molar-refractivity contribution in [1.82, 2.24) is 10.3 Å². The Morgan fingerprint density at radius 1 is 1.62 bits per heavy atom. The molecule has 1 aromatic rings. The Hall–Kier alpha value is -1.60. The van der Waals surface area contributed by atoms with Crippen LogP contribution in [0.5, 0.6) is 0 Å². The van der Waals surface area contributed by atoms with E-state index in [-0.39, 0.29) is 0 Å². The Bertz CT molecular complexity index is 378. The average Bonchev–Trinajstić information content (AvgIpc) is 2.18. The molecule has 1 aromatic heterocycles. The van der Waals surface area contributed by atoms with Gasteiger partial charge in [-0.05, 0) is 24.1 Å². The lowest BCUT2D eigenvalue weighted by molar-refractivity contribution is 0.640. The molecule has 3 N–H and O–H groups in total. The Kier molecular flexibility index (Phi) is 1.87. The van der Waals surface area contributed by atoms with Crippen LogP contribution < -0.4 is 11.1 Å². The third kappa shape index (κ3) is 1.23. The number of nitrogens with zero attached hydrogens (tertiary/aromatic N) is 2. The molecular weight excluding hydrogens is 164 g/mol. The molecule has 13 heavy (non-hydrogen) atoms. The van der Waals surface area contributed by atoms with Gasteiger partial charge in [0.05, 0.1) is 5.56 Å². The first-order chi connectivity index (χ1) is 6.33. The van der Waals surface area contributed by atoms with Crippen molar-refractivity contribution in [2.45, 2.75) is 13.0 Å². The molecule has 1 aliphatic heterocycles. The zero-order valence-electron chi connectivity index (χ0n) is 7.17. The van der Waals surface area contributed by atoms with Crippen LogP contribution in [-0.2, 0) is 13.0 Å². The molecule has 2 rings (SSSR count). The number of anilines is 1. The van der Waals surface area contributed by atoms with E-state index in [2.05, 4.69) is 16.4 Å². The molecule has 1 aliphatic rings. The van der Waals surface area contributed by atoms with Crippen LogP contribution in [0.3, 0.4) is 0 Å². The zero-order chi connectivity index (χ0) is 9.26. The van der Waals surface area contributed by atoms with Crippen LogP contribution in [0, 0.1) is 11.3 Å². The van der Waals surface area contributed by atoms with Crippen molar-refractivity contribution < 1.29 is 0 Å². The summed E-state index contributed by atoms with van der Waals surface area (Å²) in [6, 6.07) is 2.11. The van der Waals surface area contributed by atoms with Crippen molar-refractivity contribution in [3.63, 3.8) is 0 Å². The Morgan fingerprint density at radius 2 is 2.46 bits per heavy atom. The van der Waals surface area contributed by atoms with Crippen molar-refractivity contribution in [3.8, 4) is 6.07 Å². The first-order valence-corrected chi connectivity index (χ1v) is 4.20. The van der Waals surface area contributed by atoms with Gasteiger partial charge in [-0.1, -0.05) is 0 Å². The highest BCUT2D eigenvalue weighted by Gasteiger charge is 2.15. The van der Waals surface area contributed by atoms with E-state index in [0.717, 1.165) is 30.6 Å². The summed E-state index contributed by atoms with van der Waals surface area (Å²) in [4.78, 5) is 3.98. The minimum absolute atomic E-state index is 0.350. The number of nitrogens with two attached hydrogens (primary N) is 1. The number of fused-ring (bicyclic) bond motifs is 1. The first kappa shape index (κ1) is 8.02. The maximum atomic E-state index is 8.88. The molecule has 0 fully saturated rings. The molecule has 0 saturated heterocycles. The van der Waals surface area contributed by atoms with Crippen molar-refractivity contribution >= 4 is 5.82 Å². The van der Waals surface area contributed by atoms with Gasteiger partial charge in [-0.15, -0.1) is 0 Å². The van der Waals surface area contributed by atoms with Crippen LogP contribution in [0.1, 0.15) is 16.7 Å². The van der Waals surface area contributed by atoms with E-state index in [4.69, 9.17) is 11.0 Å². The quantitative estimate of drug-likeness (QED) is 0.588. The molecule has 0 radical (unpaired) electrons. The fourth-order valence-corrected chi connectivity index (χ4v) is 1.60. The number of nitriles is 1. The molecule has 0 spiro atoms. The van der Waals surface area contributed by atoms with Crippen LogP contribution in [0.15, 0.2) is 6.20 Å². The van der Waals surface area contributed by atoms with Crippen molar-refractivity contribution in [3.05, 3.63) is 22.9 Å². The lowest BCUT2D eigenvalue weighted by atomic mass is 9.98. The first-order valence-electron chi connectivity index (χ1n) is 4.20. The van der Waals surface area contributed by atoms with Crippen LogP contribution in [0.25, 0.3) is 0 Å². The molecule has 4 heteroatoms. The van der Waals surface area contributed by atoms with Gasteiger partial charge >= 0.3 is 0 Å². The second-order valence-electron chi connectivity index (χ2n) is 3.06. The molecule has 4 nitrogen and oxygen atoms in total. The molecule has 2 heterocycles. The minimum Gasteiger partial charge on any atom is -0.383 e. The zero-order valence-corrected chi connectivity index (χ0v) is 7.17. The fourth-order valence-electron chi connectivity index (χ4n) is 1.60. The molecular formula is C9H10N4. The Morgan fingerprint density at radius 3 is 3.23 bits per heavy atom. The predicted octanol–water partition coefficient (Wildman–Crippen LogP) is 0.181. The summed E-state index contributed by atoms with van der Waals surface area (Å²) in [6.07, 6.45) is 2.61. The number of rotatable bonds is 0. The van der Waals surface area contributed by atoms with Gasteiger partial charge in [0.15, 0.2) is 0 Å². The van der Waals surface area contributed by atoms with Crippen LogP contribution in [0.4, 0.5) is 5.82 Å². The van der Waals surface area contributed by atoms with Gasteiger partial charge in [-0.25, -0.2) is 4.98 Å². The molecule has 0 bridgehead atoms. The maximum absolute atomic E-state index is 8.88. The van der Waals surface area contributed by atoms with Gasteiger partial charge in [0.25, 0.3) is 0 Å². The number of hydrogen-bond donors (Lipinski definition) is 2. The van der Waals surface area contributed by atoms with Crippen molar-refractivity contribution in [1.29, 1.82) is 5.26 Å². The van der Waals surface area contributed by atoms with Gasteiger partial charge in [0.2, 0.25) is 0 Å². The highest BCUT2D eigenvalue weighted by atomic mass is 14.9. The van der Waals surface area contributed by atoms with Crippen LogP contribution >= 0.6 is 0 Å². The highest BCUT2D eigenvalue weighted by Crippen LogP contribution is 2.20. The van der Waals surface area contributed by atoms with E-state index in [0.29, 0.717) is 11.4 Å². The van der Waals surface area contributed by atoms with E-state index in [1.807, 2.05) is 0 Å². The monoisotopic (exact) mass is 174 g/mol. The van der Waals surface area contributed by atoms with Gasteiger partial charge in [-0.2, -0.15) is 5.26 Å². The molecule has 0 unspecified atom stereocenters. The average molecular weight is 174 g/mol. The summed E-state index contributed by atoms with van der Waals surface area (Å²) in [5.41, 5.74) is 8.31. The third-order valence-corrected chi connectivity index (χ3v) is 2.28. The van der Waals surface area contributed by atoms with Gasteiger partial charge < -0.3 is 11.1 Å². The lowest BCUT2D eigenvalue weighted by Crippen LogP contribution is -2.25. The van der Waals surface area contributed by atoms with E-state index in [9.17, 15) is 0 Å². The second kappa shape index (κ2) is 3.04. The number of pyridine rings is 1. The number of aromatic nitrogens is 1. The summed E-state index contributed by atoms with van der Waals surface area (Å²) in [5.74, 6) is 0.350. The Balaban J connectivity index is 2.60. The summed E-state index contributed by atoms with van der Waals surface area (Å²) >= 11 is 0. The summed E-state index contributed by atoms with van der Waals surface area (Å²) in [7, 11) is 0. The van der Waals surface area contributed by atoms with Crippen molar-refractivity contribution in [2.24, 2.45) is 0 Å². The fraction of sp³-hybridized carbons (Fsp3) is 0.333. The summed E-state index contributed by atoms with van der Waals surface area (Å²) in [6.45, 7) is 1.70. The summed E-state index contributed by atoms with van der Waals surface area (Å²) < 4.78 is 0. The number of hydrogen-bond acceptors (Lipinski definition) is 4. The van der Waals surface area contributed by atoms with E-state index in [1.54, 1.807) is 6.20 Å². The highest BCUT2D eigenvalue weighted by molar-refractivity contribution is 5.55. The maximum Gasteiger partial charge on any atom is 0.141 e. The van der Waals surface area contributed by atoms with Crippen LogP contribution in [-0.4, -0.2) is 11.5 Å². The van der Waals surface area contributed by atoms with Crippen molar-refractivity contribution in [2.75, 3.05) is 12.3 Å². The van der Waals surface area contributed by atoms with E-state index < -0.39 is 0 Å². The number of nitrogen functional groups attached to an aromatic ring is 1. The molecule has 0 aliphatic carbocycles. The normalized spacial score (nSPS) is 14.7. The lowest BCUT2D eigenvalue weighted by Gasteiger charge is -2.17. The minimum atomic E-state index is 0.350. The molecule has 66 valence electrons.